The Hall–Kier alpha value is -2.70. The number of rotatable bonds is 5. The molecule has 0 bridgehead atoms. The molecule has 2 aromatic rings. The molecule has 4 N–H and O–H groups in total. The SMILES string of the molecule is NC(=O)CCNc1nc(C(=O)O)nc2ccccc12. The van der Waals surface area contributed by atoms with Gasteiger partial charge in [0.25, 0.3) is 0 Å². The molecule has 7 heteroatoms. The number of nitrogens with two attached hydrogens (primary N) is 1. The molecule has 98 valence electrons. The minimum Gasteiger partial charge on any atom is -0.475 e. The Morgan fingerprint density at radius 3 is 2.68 bits per heavy atom. The standard InChI is InChI=1S/C12H12N4O3/c13-9(17)5-6-14-10-7-3-1-2-4-8(7)15-11(16-10)12(18)19/h1-4H,5-6H2,(H2,13,17)(H,18,19)(H,14,15,16). The predicted octanol–water partition coefficient (Wildman–Crippen LogP) is 0.615. The van der Waals surface area contributed by atoms with Gasteiger partial charge in [0.2, 0.25) is 11.7 Å². The highest BCUT2D eigenvalue weighted by molar-refractivity contribution is 5.93. The molecule has 2 rings (SSSR count). The van der Waals surface area contributed by atoms with E-state index < -0.39 is 11.9 Å². The van der Waals surface area contributed by atoms with E-state index in [1.807, 2.05) is 0 Å². The number of carboxylic acids is 1. The van der Waals surface area contributed by atoms with E-state index in [0.717, 1.165) is 0 Å². The Labute approximate surface area is 108 Å². The number of aromatic carboxylic acids is 1. The molecular formula is C12H12N4O3. The first kappa shape index (κ1) is 12.7. The van der Waals surface area contributed by atoms with Gasteiger partial charge in [0, 0.05) is 18.4 Å². The topological polar surface area (TPSA) is 118 Å². The second kappa shape index (κ2) is 5.30. The molecule has 0 atom stereocenters. The van der Waals surface area contributed by atoms with E-state index in [1.165, 1.54) is 0 Å². The second-order valence-corrected chi connectivity index (χ2v) is 3.86. The van der Waals surface area contributed by atoms with Crippen LogP contribution >= 0.6 is 0 Å². The van der Waals surface area contributed by atoms with E-state index in [1.54, 1.807) is 24.3 Å². The van der Waals surface area contributed by atoms with Crippen LogP contribution in [0.1, 0.15) is 17.0 Å². The summed E-state index contributed by atoms with van der Waals surface area (Å²) in [7, 11) is 0. The first-order valence-corrected chi connectivity index (χ1v) is 5.60. The van der Waals surface area contributed by atoms with Crippen LogP contribution in [0.4, 0.5) is 5.82 Å². The number of hydrogen-bond donors (Lipinski definition) is 3. The molecule has 7 nitrogen and oxygen atoms in total. The van der Waals surface area contributed by atoms with Crippen molar-refractivity contribution in [2.24, 2.45) is 5.73 Å². The van der Waals surface area contributed by atoms with Crippen LogP contribution in [0.15, 0.2) is 24.3 Å². The number of carbonyl (C=O) groups excluding carboxylic acids is 1. The number of benzene rings is 1. The van der Waals surface area contributed by atoms with Crippen molar-refractivity contribution in [3.63, 3.8) is 0 Å². The zero-order chi connectivity index (χ0) is 13.8. The summed E-state index contributed by atoms with van der Waals surface area (Å²) in [5, 5.41) is 12.5. The summed E-state index contributed by atoms with van der Waals surface area (Å²) < 4.78 is 0. The smallest absolute Gasteiger partial charge is 0.374 e. The fourth-order valence-electron chi connectivity index (χ4n) is 1.61. The number of carbonyl (C=O) groups is 2. The van der Waals surface area contributed by atoms with E-state index in [2.05, 4.69) is 15.3 Å². The van der Waals surface area contributed by atoms with E-state index in [-0.39, 0.29) is 18.8 Å². The number of carboxylic acid groups (broad SMARTS) is 1. The molecule has 0 saturated heterocycles. The Balaban J connectivity index is 2.38. The zero-order valence-corrected chi connectivity index (χ0v) is 9.96. The molecule has 0 aliphatic carbocycles. The van der Waals surface area contributed by atoms with Gasteiger partial charge >= 0.3 is 5.97 Å². The molecule has 0 aliphatic heterocycles. The third kappa shape index (κ3) is 2.95. The summed E-state index contributed by atoms with van der Waals surface area (Å²) in [5.74, 6) is -1.56. The van der Waals surface area contributed by atoms with Crippen molar-refractivity contribution in [2.75, 3.05) is 11.9 Å². The number of nitrogens with one attached hydrogen (secondary N) is 1. The minimum absolute atomic E-state index is 0.140. The van der Waals surface area contributed by atoms with Crippen LogP contribution in [0.3, 0.4) is 0 Å². The van der Waals surface area contributed by atoms with Crippen LogP contribution in [-0.2, 0) is 4.79 Å². The highest BCUT2D eigenvalue weighted by Gasteiger charge is 2.12. The van der Waals surface area contributed by atoms with Gasteiger partial charge in [-0.05, 0) is 12.1 Å². The number of para-hydroxylation sites is 1. The second-order valence-electron chi connectivity index (χ2n) is 3.86. The van der Waals surface area contributed by atoms with Gasteiger partial charge in [0.05, 0.1) is 5.52 Å². The maximum absolute atomic E-state index is 11.0. The summed E-state index contributed by atoms with van der Waals surface area (Å²) in [6, 6.07) is 7.02. The third-order valence-electron chi connectivity index (χ3n) is 2.46. The molecule has 0 aliphatic rings. The first-order chi connectivity index (χ1) is 9.08. The largest absolute Gasteiger partial charge is 0.475 e. The molecule has 1 aromatic carbocycles. The fourth-order valence-corrected chi connectivity index (χ4v) is 1.61. The van der Waals surface area contributed by atoms with Gasteiger partial charge in [-0.1, -0.05) is 12.1 Å². The Kier molecular flexibility index (Phi) is 3.56. The fraction of sp³-hybridized carbons (Fsp3) is 0.167. The Morgan fingerprint density at radius 1 is 1.26 bits per heavy atom. The van der Waals surface area contributed by atoms with Crippen LogP contribution in [0.2, 0.25) is 0 Å². The summed E-state index contributed by atoms with van der Waals surface area (Å²) in [4.78, 5) is 29.5. The molecule has 1 heterocycles. The van der Waals surface area contributed by atoms with Gasteiger partial charge in [-0.25, -0.2) is 14.8 Å². The van der Waals surface area contributed by atoms with E-state index >= 15 is 0 Å². The van der Waals surface area contributed by atoms with Crippen molar-refractivity contribution in [1.29, 1.82) is 0 Å². The van der Waals surface area contributed by atoms with Gasteiger partial charge in [-0.15, -0.1) is 0 Å². The van der Waals surface area contributed by atoms with Crippen molar-refractivity contribution in [3.05, 3.63) is 30.1 Å². The molecule has 0 spiro atoms. The normalized spacial score (nSPS) is 10.3. The van der Waals surface area contributed by atoms with E-state index in [9.17, 15) is 9.59 Å². The number of fused-ring (bicyclic) bond motifs is 1. The van der Waals surface area contributed by atoms with Gasteiger partial charge < -0.3 is 16.2 Å². The predicted molar refractivity (Wildman–Crippen MR) is 68.8 cm³/mol. The lowest BCUT2D eigenvalue weighted by molar-refractivity contribution is -0.117. The average molecular weight is 260 g/mol. The van der Waals surface area contributed by atoms with Gasteiger partial charge in [0.15, 0.2) is 0 Å². The molecule has 1 aromatic heterocycles. The monoisotopic (exact) mass is 260 g/mol. The van der Waals surface area contributed by atoms with Crippen molar-refractivity contribution in [2.45, 2.75) is 6.42 Å². The van der Waals surface area contributed by atoms with Crippen molar-refractivity contribution >= 4 is 28.6 Å². The first-order valence-electron chi connectivity index (χ1n) is 5.60. The maximum atomic E-state index is 11.0. The van der Waals surface area contributed by atoms with E-state index in [0.29, 0.717) is 16.7 Å². The average Bonchev–Trinajstić information content (AvgIpc) is 2.38. The maximum Gasteiger partial charge on any atom is 0.374 e. The molecule has 1 amide bonds. The highest BCUT2D eigenvalue weighted by Crippen LogP contribution is 2.19. The van der Waals surface area contributed by atoms with Crippen LogP contribution in [-0.4, -0.2) is 33.5 Å². The molecule has 0 fully saturated rings. The van der Waals surface area contributed by atoms with E-state index in [4.69, 9.17) is 10.8 Å². The van der Waals surface area contributed by atoms with Gasteiger partial charge in [0.1, 0.15) is 5.82 Å². The third-order valence-corrected chi connectivity index (χ3v) is 2.46. The number of amides is 1. The summed E-state index contributed by atoms with van der Waals surface area (Å²) in [6.07, 6.45) is 0.140. The Morgan fingerprint density at radius 2 is 2.00 bits per heavy atom. The zero-order valence-electron chi connectivity index (χ0n) is 9.96. The van der Waals surface area contributed by atoms with Crippen LogP contribution in [0, 0.1) is 0 Å². The molecule has 19 heavy (non-hydrogen) atoms. The van der Waals surface area contributed by atoms with Crippen molar-refractivity contribution in [1.82, 2.24) is 9.97 Å². The van der Waals surface area contributed by atoms with Crippen LogP contribution in [0.25, 0.3) is 10.9 Å². The number of nitrogens with zero attached hydrogens (tertiary/aromatic N) is 2. The Bertz CT molecular complexity index is 642. The summed E-state index contributed by atoms with van der Waals surface area (Å²) in [5.41, 5.74) is 5.57. The summed E-state index contributed by atoms with van der Waals surface area (Å²) in [6.45, 7) is 0.287. The number of hydrogen-bond acceptors (Lipinski definition) is 5. The van der Waals surface area contributed by atoms with Gasteiger partial charge in [-0.2, -0.15) is 0 Å². The number of anilines is 1. The lowest BCUT2D eigenvalue weighted by Gasteiger charge is -2.08. The number of aromatic nitrogens is 2. The molecule has 0 radical (unpaired) electrons. The molecular weight excluding hydrogens is 248 g/mol. The molecule has 0 unspecified atom stereocenters. The van der Waals surface area contributed by atoms with Crippen LogP contribution < -0.4 is 11.1 Å². The quantitative estimate of drug-likeness (QED) is 0.725. The lowest BCUT2D eigenvalue weighted by atomic mass is 10.2. The summed E-state index contributed by atoms with van der Waals surface area (Å²) >= 11 is 0. The van der Waals surface area contributed by atoms with Crippen molar-refractivity contribution < 1.29 is 14.7 Å². The minimum atomic E-state index is -1.20. The van der Waals surface area contributed by atoms with Crippen LogP contribution in [0.5, 0.6) is 0 Å². The lowest BCUT2D eigenvalue weighted by Crippen LogP contribution is -2.17. The molecule has 0 saturated carbocycles. The highest BCUT2D eigenvalue weighted by atomic mass is 16.4. The van der Waals surface area contributed by atoms with Crippen molar-refractivity contribution in [3.8, 4) is 0 Å². The van der Waals surface area contributed by atoms with Gasteiger partial charge in [-0.3, -0.25) is 4.79 Å². The number of primary amides is 1.